The van der Waals surface area contributed by atoms with E-state index in [2.05, 4.69) is 31.9 Å². The minimum Gasteiger partial charge on any atom is -0.487 e. The fraction of sp³-hybridized carbons (Fsp3) is 0.273. The molecule has 1 saturated heterocycles. The predicted octanol–water partition coefficient (Wildman–Crippen LogP) is 4.68. The molecule has 7 heteroatoms. The first-order valence-corrected chi connectivity index (χ1v) is 10.3. The molecule has 4 rings (SSSR count). The zero-order chi connectivity index (χ0) is 20.1. The Labute approximate surface area is 180 Å². The average molecular weight is 429 g/mol. The van der Waals surface area contributed by atoms with Crippen molar-refractivity contribution in [2.45, 2.75) is 13.2 Å². The average Bonchev–Trinajstić information content (AvgIpc) is 2.75. The summed E-state index contributed by atoms with van der Waals surface area (Å²) in [6.45, 7) is 5.08. The number of halogens is 2. The van der Waals surface area contributed by atoms with Crippen molar-refractivity contribution in [3.8, 4) is 5.75 Å². The monoisotopic (exact) mass is 428 g/mol. The summed E-state index contributed by atoms with van der Waals surface area (Å²) in [5.41, 5.74) is 2.19. The lowest BCUT2D eigenvalue weighted by molar-refractivity contribution is 0.249. The Morgan fingerprint density at radius 2 is 1.72 bits per heavy atom. The Balaban J connectivity index is 1.27. The first kappa shape index (κ1) is 20.0. The smallest absolute Gasteiger partial charge is 0.147 e. The van der Waals surface area contributed by atoms with E-state index in [1.165, 1.54) is 5.56 Å². The maximum atomic E-state index is 6.29. The van der Waals surface area contributed by atoms with Crippen LogP contribution < -0.4 is 9.64 Å². The molecule has 1 fully saturated rings. The molecule has 0 bridgehead atoms. The molecule has 3 aromatic rings. The molecule has 1 aromatic carbocycles. The van der Waals surface area contributed by atoms with E-state index >= 15 is 0 Å². The lowest BCUT2D eigenvalue weighted by Crippen LogP contribution is -2.46. The summed E-state index contributed by atoms with van der Waals surface area (Å²) in [4.78, 5) is 13.3. The number of hydrogen-bond acceptors (Lipinski definition) is 5. The Hall–Kier alpha value is -2.34. The summed E-state index contributed by atoms with van der Waals surface area (Å²) in [6.07, 6.45) is 3.42. The first-order valence-electron chi connectivity index (χ1n) is 9.57. The highest BCUT2D eigenvalue weighted by Crippen LogP contribution is 2.27. The lowest BCUT2D eigenvalue weighted by atomic mass is 10.2. The van der Waals surface area contributed by atoms with Gasteiger partial charge in [0.25, 0.3) is 0 Å². The third kappa shape index (κ3) is 5.38. The van der Waals surface area contributed by atoms with Crippen LogP contribution in [0.15, 0.2) is 60.9 Å². The molecule has 3 heterocycles. The molecule has 0 amide bonds. The largest absolute Gasteiger partial charge is 0.487 e. The molecule has 1 aliphatic heterocycles. The summed E-state index contributed by atoms with van der Waals surface area (Å²) >= 11 is 12.2. The van der Waals surface area contributed by atoms with Gasteiger partial charge in [-0.05, 0) is 35.9 Å². The topological polar surface area (TPSA) is 41.5 Å². The van der Waals surface area contributed by atoms with Crippen LogP contribution in [0.3, 0.4) is 0 Å². The minimum atomic E-state index is 0.476. The van der Waals surface area contributed by atoms with Crippen molar-refractivity contribution in [2.24, 2.45) is 0 Å². The maximum absolute atomic E-state index is 6.29. The molecule has 2 aromatic heterocycles. The number of benzene rings is 1. The summed E-state index contributed by atoms with van der Waals surface area (Å²) in [7, 11) is 0. The molecule has 29 heavy (non-hydrogen) atoms. The number of aromatic nitrogens is 2. The second kappa shape index (κ2) is 9.44. The summed E-state index contributed by atoms with van der Waals surface area (Å²) < 4.78 is 5.81. The molecule has 0 spiro atoms. The van der Waals surface area contributed by atoms with E-state index in [0.29, 0.717) is 16.7 Å². The maximum Gasteiger partial charge on any atom is 0.147 e. The van der Waals surface area contributed by atoms with Crippen molar-refractivity contribution < 1.29 is 4.74 Å². The molecular weight excluding hydrogens is 407 g/mol. The van der Waals surface area contributed by atoms with Gasteiger partial charge in [-0.15, -0.1) is 0 Å². The third-order valence-corrected chi connectivity index (χ3v) is 5.39. The van der Waals surface area contributed by atoms with Crippen LogP contribution in [0.25, 0.3) is 0 Å². The summed E-state index contributed by atoms with van der Waals surface area (Å²) in [5, 5.41) is 1.16. The van der Waals surface area contributed by atoms with Crippen molar-refractivity contribution in [2.75, 3.05) is 31.1 Å². The van der Waals surface area contributed by atoms with Crippen molar-refractivity contribution >= 4 is 29.0 Å². The van der Waals surface area contributed by atoms with E-state index in [4.69, 9.17) is 27.9 Å². The number of piperazine rings is 1. The SMILES string of the molecule is Clc1cnc(N2CCN(Cc3ccc(OCc4ccccn4)cc3)CC2)c(Cl)c1. The molecule has 0 atom stereocenters. The first-order chi connectivity index (χ1) is 14.2. The highest BCUT2D eigenvalue weighted by atomic mass is 35.5. The fourth-order valence-corrected chi connectivity index (χ4v) is 3.85. The summed E-state index contributed by atoms with van der Waals surface area (Å²) in [5.74, 6) is 1.66. The highest BCUT2D eigenvalue weighted by Gasteiger charge is 2.20. The van der Waals surface area contributed by atoms with E-state index in [1.54, 1.807) is 18.5 Å². The number of hydrogen-bond donors (Lipinski definition) is 0. The third-order valence-electron chi connectivity index (χ3n) is 4.90. The van der Waals surface area contributed by atoms with Crippen LogP contribution in [-0.4, -0.2) is 41.0 Å². The van der Waals surface area contributed by atoms with Gasteiger partial charge in [0.1, 0.15) is 18.2 Å². The van der Waals surface area contributed by atoms with Crippen LogP contribution in [0, 0.1) is 0 Å². The van der Waals surface area contributed by atoms with Gasteiger partial charge in [-0.2, -0.15) is 0 Å². The van der Waals surface area contributed by atoms with Gasteiger partial charge in [0.15, 0.2) is 0 Å². The standard InChI is InChI=1S/C22H22Cl2N4O/c23-18-13-21(24)22(26-14-18)28-11-9-27(10-12-28)15-17-4-6-20(7-5-17)29-16-19-3-1-2-8-25-19/h1-8,13-14H,9-12,15-16H2. The number of pyridine rings is 2. The van der Waals surface area contributed by atoms with Gasteiger partial charge in [0, 0.05) is 45.1 Å². The van der Waals surface area contributed by atoms with Crippen molar-refractivity contribution in [3.05, 3.63) is 82.2 Å². The van der Waals surface area contributed by atoms with E-state index < -0.39 is 0 Å². The van der Waals surface area contributed by atoms with Crippen LogP contribution in [-0.2, 0) is 13.2 Å². The van der Waals surface area contributed by atoms with E-state index in [9.17, 15) is 0 Å². The van der Waals surface area contributed by atoms with Gasteiger partial charge in [-0.3, -0.25) is 9.88 Å². The molecule has 0 aliphatic carbocycles. The lowest BCUT2D eigenvalue weighted by Gasteiger charge is -2.35. The molecule has 1 aliphatic rings. The molecule has 0 radical (unpaired) electrons. The summed E-state index contributed by atoms with van der Waals surface area (Å²) in [6, 6.07) is 15.9. The predicted molar refractivity (Wildman–Crippen MR) is 117 cm³/mol. The van der Waals surface area contributed by atoms with E-state index in [1.807, 2.05) is 30.3 Å². The van der Waals surface area contributed by atoms with Gasteiger partial charge < -0.3 is 9.64 Å². The molecule has 0 N–H and O–H groups in total. The van der Waals surface area contributed by atoms with Gasteiger partial charge in [-0.1, -0.05) is 41.4 Å². The van der Waals surface area contributed by atoms with E-state index in [-0.39, 0.29) is 0 Å². The van der Waals surface area contributed by atoms with Gasteiger partial charge in [0.05, 0.1) is 15.7 Å². The van der Waals surface area contributed by atoms with Gasteiger partial charge in [0.2, 0.25) is 0 Å². The van der Waals surface area contributed by atoms with Crippen LogP contribution >= 0.6 is 23.2 Å². The Bertz CT molecular complexity index is 929. The van der Waals surface area contributed by atoms with Crippen molar-refractivity contribution in [1.82, 2.24) is 14.9 Å². The normalized spacial score (nSPS) is 14.8. The number of anilines is 1. The van der Waals surface area contributed by atoms with E-state index in [0.717, 1.165) is 50.0 Å². The number of nitrogens with zero attached hydrogens (tertiary/aromatic N) is 4. The van der Waals surface area contributed by atoms with Crippen LogP contribution in [0.4, 0.5) is 5.82 Å². The molecule has 150 valence electrons. The minimum absolute atomic E-state index is 0.476. The molecule has 5 nitrogen and oxygen atoms in total. The molecule has 0 saturated carbocycles. The van der Waals surface area contributed by atoms with Crippen molar-refractivity contribution in [3.63, 3.8) is 0 Å². The zero-order valence-corrected chi connectivity index (χ0v) is 17.5. The molecular formula is C22H22Cl2N4O. The van der Waals surface area contributed by atoms with Crippen LogP contribution in [0.2, 0.25) is 10.0 Å². The second-order valence-electron chi connectivity index (χ2n) is 6.98. The second-order valence-corrected chi connectivity index (χ2v) is 7.82. The molecule has 0 unspecified atom stereocenters. The van der Waals surface area contributed by atoms with Crippen LogP contribution in [0.5, 0.6) is 5.75 Å². The van der Waals surface area contributed by atoms with Crippen LogP contribution in [0.1, 0.15) is 11.3 Å². The zero-order valence-electron chi connectivity index (χ0n) is 16.0. The quantitative estimate of drug-likeness (QED) is 0.569. The number of rotatable bonds is 6. The Morgan fingerprint density at radius 3 is 2.41 bits per heavy atom. The van der Waals surface area contributed by atoms with Gasteiger partial charge >= 0.3 is 0 Å². The van der Waals surface area contributed by atoms with Gasteiger partial charge in [-0.25, -0.2) is 4.98 Å². The fourth-order valence-electron chi connectivity index (χ4n) is 3.35. The van der Waals surface area contributed by atoms with Crippen molar-refractivity contribution in [1.29, 1.82) is 0 Å². The number of ether oxygens (including phenoxy) is 1. The Kier molecular flexibility index (Phi) is 6.49. The highest BCUT2D eigenvalue weighted by molar-refractivity contribution is 6.36. The Morgan fingerprint density at radius 1 is 0.931 bits per heavy atom.